The van der Waals surface area contributed by atoms with E-state index < -0.39 is 18.1 Å². The van der Waals surface area contributed by atoms with Crippen molar-refractivity contribution in [2.45, 2.75) is 96.1 Å². The first-order valence-electron chi connectivity index (χ1n) is 25.2. The van der Waals surface area contributed by atoms with Gasteiger partial charge in [0, 0.05) is 87.9 Å². The molecule has 3 aromatic carbocycles. The van der Waals surface area contributed by atoms with E-state index in [1.165, 1.54) is 17.1 Å². The third kappa shape index (κ3) is 13.9. The number of anilines is 2. The van der Waals surface area contributed by atoms with Gasteiger partial charge in [-0.2, -0.15) is 4.98 Å². The van der Waals surface area contributed by atoms with Gasteiger partial charge in [-0.15, -0.1) is 0 Å². The Balaban J connectivity index is 0.915. The van der Waals surface area contributed by atoms with Crippen LogP contribution in [0.3, 0.4) is 0 Å². The van der Waals surface area contributed by atoms with Gasteiger partial charge in [0.15, 0.2) is 5.82 Å². The van der Waals surface area contributed by atoms with Crippen LogP contribution in [0.5, 0.6) is 5.75 Å². The van der Waals surface area contributed by atoms with Crippen LogP contribution in [0.2, 0.25) is 0 Å². The Hall–Kier alpha value is -6.37. The highest BCUT2D eigenvalue weighted by Gasteiger charge is 2.35. The van der Waals surface area contributed by atoms with Crippen molar-refractivity contribution < 1.29 is 23.9 Å². The summed E-state index contributed by atoms with van der Waals surface area (Å²) >= 11 is 0. The molecule has 71 heavy (non-hydrogen) atoms. The highest BCUT2D eigenvalue weighted by Crippen LogP contribution is 2.33. The number of hydrogen-bond donors (Lipinski definition) is 6. The molecule has 3 unspecified atom stereocenters. The van der Waals surface area contributed by atoms with Gasteiger partial charge < -0.3 is 52.9 Å². The molecule has 17 nitrogen and oxygen atoms in total. The minimum atomic E-state index is -0.413. The topological polar surface area (TPSA) is 252 Å². The highest BCUT2D eigenvalue weighted by atomic mass is 16.6. The summed E-state index contributed by atoms with van der Waals surface area (Å²) in [4.78, 5) is 52.3. The van der Waals surface area contributed by atoms with Crippen LogP contribution in [-0.2, 0) is 40.4 Å². The molecular formula is C54H74N12O5. The number of ether oxygens (including phenoxy) is 2. The number of hydrogen-bond acceptors (Lipinski definition) is 14. The van der Waals surface area contributed by atoms with Gasteiger partial charge in [0.05, 0.1) is 19.2 Å². The van der Waals surface area contributed by atoms with Gasteiger partial charge in [-0.3, -0.25) is 19.4 Å². The van der Waals surface area contributed by atoms with Crippen LogP contribution in [0.15, 0.2) is 97.2 Å². The number of benzene rings is 3. The number of methoxy groups -OCH3 is 1. The molecule has 3 amide bonds. The highest BCUT2D eigenvalue weighted by molar-refractivity contribution is 6.12. The molecule has 4 heterocycles. The average Bonchev–Trinajstić information content (AvgIpc) is 3.94. The number of aromatic nitrogens is 3. The SMILES string of the molecule is CCCCCNc1nc(N)nc2ccn(Cc3ccc(CN4CCN(C(=O)OCc5ccc(C(N)[C@H](CCCCN)C(N)[C@@H](Cc6ccccc6)C(N)CCN6C(=O)C=CC6=O)cc5)CC4)cc3OC)c12. The Labute approximate surface area is 418 Å². The minimum absolute atomic E-state index is 0.127. The van der Waals surface area contributed by atoms with Crippen molar-refractivity contribution in [2.75, 3.05) is 64.0 Å². The Kier molecular flexibility index (Phi) is 19.0. The largest absolute Gasteiger partial charge is 0.496 e. The van der Waals surface area contributed by atoms with E-state index in [9.17, 15) is 14.4 Å². The van der Waals surface area contributed by atoms with Crippen LogP contribution < -0.4 is 38.7 Å². The zero-order valence-electron chi connectivity index (χ0n) is 41.5. The first-order chi connectivity index (χ1) is 34.5. The van der Waals surface area contributed by atoms with Crippen LogP contribution in [0.4, 0.5) is 16.6 Å². The molecule has 0 saturated carbocycles. The van der Waals surface area contributed by atoms with E-state index in [0.29, 0.717) is 52.1 Å². The fourth-order valence-electron chi connectivity index (χ4n) is 9.89. The zero-order chi connectivity index (χ0) is 50.3. The van der Waals surface area contributed by atoms with E-state index in [-0.39, 0.29) is 48.8 Å². The van der Waals surface area contributed by atoms with Gasteiger partial charge in [-0.25, -0.2) is 9.78 Å². The smallest absolute Gasteiger partial charge is 0.410 e. The first-order valence-corrected chi connectivity index (χ1v) is 25.2. The van der Waals surface area contributed by atoms with Crippen LogP contribution in [0, 0.1) is 11.8 Å². The summed E-state index contributed by atoms with van der Waals surface area (Å²) in [6.45, 7) is 7.71. The number of carbonyl (C=O) groups excluding carboxylic acids is 3. The van der Waals surface area contributed by atoms with Crippen LogP contribution in [0.25, 0.3) is 11.0 Å². The number of nitrogens with zero attached hydrogens (tertiary/aromatic N) is 6. The number of rotatable bonds is 26. The molecule has 11 N–H and O–H groups in total. The van der Waals surface area contributed by atoms with E-state index in [1.54, 1.807) is 12.0 Å². The van der Waals surface area contributed by atoms with E-state index in [2.05, 4.69) is 62.0 Å². The van der Waals surface area contributed by atoms with Crippen molar-refractivity contribution in [1.29, 1.82) is 0 Å². The minimum Gasteiger partial charge on any atom is -0.496 e. The van der Waals surface area contributed by atoms with Gasteiger partial charge in [-0.05, 0) is 84.9 Å². The summed E-state index contributed by atoms with van der Waals surface area (Å²) in [6, 6.07) is 25.0. The monoisotopic (exact) mass is 971 g/mol. The lowest BCUT2D eigenvalue weighted by Gasteiger charge is -2.38. The maximum Gasteiger partial charge on any atom is 0.410 e. The van der Waals surface area contributed by atoms with Crippen molar-refractivity contribution >= 4 is 40.7 Å². The fraction of sp³-hybridized carbons (Fsp3) is 0.463. The second kappa shape index (κ2) is 25.7. The molecule has 0 spiro atoms. The Morgan fingerprint density at radius 1 is 0.803 bits per heavy atom. The third-order valence-corrected chi connectivity index (χ3v) is 14.0. The molecule has 0 aliphatic carbocycles. The maximum atomic E-state index is 13.3. The number of imide groups is 1. The Morgan fingerprint density at radius 2 is 1.54 bits per heavy atom. The second-order valence-corrected chi connectivity index (χ2v) is 19.0. The van der Waals surface area contributed by atoms with Gasteiger partial charge in [0.1, 0.15) is 17.9 Å². The van der Waals surface area contributed by atoms with Gasteiger partial charge in [0.2, 0.25) is 5.95 Å². The number of unbranched alkanes of at least 4 members (excludes halogenated alkanes) is 3. The summed E-state index contributed by atoms with van der Waals surface area (Å²) < 4.78 is 13.9. The molecule has 380 valence electrons. The van der Waals surface area contributed by atoms with Crippen molar-refractivity contribution in [1.82, 2.24) is 29.2 Å². The van der Waals surface area contributed by atoms with Crippen LogP contribution in [0.1, 0.15) is 85.7 Å². The predicted octanol–water partition coefficient (Wildman–Crippen LogP) is 5.70. The number of nitrogens with one attached hydrogen (secondary N) is 1. The number of fused-ring (bicyclic) bond motifs is 1. The maximum absolute atomic E-state index is 13.3. The fourth-order valence-corrected chi connectivity index (χ4v) is 9.89. The van der Waals surface area contributed by atoms with Crippen molar-refractivity contribution in [3.63, 3.8) is 0 Å². The summed E-state index contributed by atoms with van der Waals surface area (Å²) in [7, 11) is 1.70. The molecule has 0 radical (unpaired) electrons. The third-order valence-electron chi connectivity index (χ3n) is 14.0. The number of amides is 3. The molecule has 5 aromatic rings. The van der Waals surface area contributed by atoms with E-state index in [1.807, 2.05) is 54.7 Å². The number of nitrogens with two attached hydrogens (primary N) is 5. The van der Waals surface area contributed by atoms with Gasteiger partial charge in [0.25, 0.3) is 11.8 Å². The second-order valence-electron chi connectivity index (χ2n) is 19.0. The van der Waals surface area contributed by atoms with E-state index in [0.717, 1.165) is 102 Å². The molecule has 2 aliphatic heterocycles. The molecule has 17 heteroatoms. The lowest BCUT2D eigenvalue weighted by molar-refractivity contribution is -0.136. The van der Waals surface area contributed by atoms with Crippen LogP contribution >= 0.6 is 0 Å². The summed E-state index contributed by atoms with van der Waals surface area (Å²) in [5.74, 6) is 0.784. The Morgan fingerprint density at radius 3 is 2.24 bits per heavy atom. The van der Waals surface area contributed by atoms with Crippen molar-refractivity contribution in [2.24, 2.45) is 34.8 Å². The number of carbonyl (C=O) groups is 3. The van der Waals surface area contributed by atoms with Crippen LogP contribution in [-0.4, -0.2) is 112 Å². The standard InChI is InChI=1S/C54H74N12O5/c1-3-4-10-25-60-52-51-45(61-53(59)62-52)23-26-65(51)35-41-19-16-39(33-46(41)70-2)34-63-28-30-64(31-29-63)54(69)71-36-38-14-17-40(18-15-38)49(57)42(13-8-9-24-55)50(58)43(32-37-11-6-5-7-12-37)44(56)22-27-66-47(67)20-21-48(66)68/h5-7,11-12,14-21,23,26,33,42-44,49-50H,3-4,8-10,13,22,24-25,27-32,34-36,55-58H2,1-2H3,(H3,59,60,61,62)/t42-,43-,44?,49?,50?/m0/s1. The predicted molar refractivity (Wildman–Crippen MR) is 279 cm³/mol. The molecular weight excluding hydrogens is 897 g/mol. The lowest BCUT2D eigenvalue weighted by Crippen LogP contribution is -2.51. The Bertz CT molecular complexity index is 2530. The van der Waals surface area contributed by atoms with E-state index >= 15 is 0 Å². The van der Waals surface area contributed by atoms with Gasteiger partial charge >= 0.3 is 6.09 Å². The summed E-state index contributed by atoms with van der Waals surface area (Å²) in [5, 5.41) is 3.47. The molecule has 2 aliphatic rings. The molecule has 0 bridgehead atoms. The summed E-state index contributed by atoms with van der Waals surface area (Å²) in [5.41, 5.74) is 40.0. The molecule has 1 fully saturated rings. The first kappa shape index (κ1) is 52.5. The molecule has 5 atom stereocenters. The number of nitrogen functional groups attached to an aromatic ring is 1. The number of piperazine rings is 1. The van der Waals surface area contributed by atoms with Crippen molar-refractivity contribution in [3.05, 3.63) is 125 Å². The zero-order valence-corrected chi connectivity index (χ0v) is 41.5. The van der Waals surface area contributed by atoms with Gasteiger partial charge in [-0.1, -0.05) is 92.9 Å². The molecule has 1 saturated heterocycles. The van der Waals surface area contributed by atoms with E-state index in [4.69, 9.17) is 38.1 Å². The molecule has 2 aromatic heterocycles. The average molecular weight is 971 g/mol. The normalized spacial score (nSPS) is 16.3. The lowest BCUT2D eigenvalue weighted by atomic mass is 9.74. The quantitative estimate of drug-likeness (QED) is 0.0287. The molecule has 7 rings (SSSR count). The summed E-state index contributed by atoms with van der Waals surface area (Å²) in [6.07, 6.45) is 11.0. The van der Waals surface area contributed by atoms with Crippen molar-refractivity contribution in [3.8, 4) is 5.75 Å².